The maximum absolute atomic E-state index is 11.4. The van der Waals surface area contributed by atoms with E-state index in [2.05, 4.69) is 23.3 Å². The largest absolute Gasteiger partial charge is 0.308 e. The van der Waals surface area contributed by atoms with Crippen molar-refractivity contribution in [3.8, 4) is 0 Å². The van der Waals surface area contributed by atoms with Gasteiger partial charge in [0.2, 0.25) is 0 Å². The molecular weight excluding hydrogens is 292 g/mol. The molecule has 2 aromatic rings. The van der Waals surface area contributed by atoms with Crippen molar-refractivity contribution in [1.82, 2.24) is 10.3 Å². The molecule has 1 aliphatic rings. The third kappa shape index (κ3) is 3.02. The third-order valence-electron chi connectivity index (χ3n) is 3.72. The van der Waals surface area contributed by atoms with Crippen molar-refractivity contribution in [2.75, 3.05) is 18.1 Å². The van der Waals surface area contributed by atoms with Gasteiger partial charge in [-0.3, -0.25) is 0 Å². The van der Waals surface area contributed by atoms with Gasteiger partial charge in [-0.2, -0.15) is 0 Å². The van der Waals surface area contributed by atoms with Crippen molar-refractivity contribution < 1.29 is 8.42 Å². The van der Waals surface area contributed by atoms with Crippen molar-refractivity contribution in [3.05, 3.63) is 29.3 Å². The lowest BCUT2D eigenvalue weighted by molar-refractivity contribution is 0.475. The number of nitrogens with zero attached hydrogens (tertiary/aromatic N) is 1. The molecule has 20 heavy (non-hydrogen) atoms. The Balaban J connectivity index is 1.63. The standard InChI is InChI=1S/C14H18N2O2S2/c1-10(15-8-11-6-7-20(17,18)9-11)14-16-12-4-2-3-5-13(12)19-14/h2-5,10-11,15H,6-9H2,1H3. The fourth-order valence-corrected chi connectivity index (χ4v) is 5.40. The zero-order chi connectivity index (χ0) is 14.2. The Bertz CT molecular complexity index is 676. The summed E-state index contributed by atoms with van der Waals surface area (Å²) >= 11 is 1.70. The van der Waals surface area contributed by atoms with E-state index in [0.717, 1.165) is 23.5 Å². The van der Waals surface area contributed by atoms with Crippen LogP contribution in [0, 0.1) is 5.92 Å². The lowest BCUT2D eigenvalue weighted by atomic mass is 10.1. The number of sulfone groups is 1. The number of fused-ring (bicyclic) bond motifs is 1. The van der Waals surface area contributed by atoms with E-state index >= 15 is 0 Å². The van der Waals surface area contributed by atoms with Crippen molar-refractivity contribution in [2.24, 2.45) is 5.92 Å². The van der Waals surface area contributed by atoms with Crippen LogP contribution < -0.4 is 5.32 Å². The number of hydrogen-bond acceptors (Lipinski definition) is 5. The van der Waals surface area contributed by atoms with Gasteiger partial charge in [0.15, 0.2) is 9.84 Å². The van der Waals surface area contributed by atoms with E-state index in [1.165, 1.54) is 4.70 Å². The van der Waals surface area contributed by atoms with Crippen LogP contribution in [0.3, 0.4) is 0 Å². The van der Waals surface area contributed by atoms with Crippen LogP contribution in [-0.4, -0.2) is 31.5 Å². The molecule has 0 amide bonds. The van der Waals surface area contributed by atoms with Crippen LogP contribution in [0.1, 0.15) is 24.4 Å². The van der Waals surface area contributed by atoms with Crippen LogP contribution in [0.15, 0.2) is 24.3 Å². The monoisotopic (exact) mass is 310 g/mol. The number of para-hydroxylation sites is 1. The summed E-state index contributed by atoms with van der Waals surface area (Å²) in [6, 6.07) is 8.27. The predicted molar refractivity (Wildman–Crippen MR) is 82.8 cm³/mol. The molecule has 108 valence electrons. The first-order valence-electron chi connectivity index (χ1n) is 6.83. The average Bonchev–Trinajstić information content (AvgIpc) is 2.99. The molecule has 1 fully saturated rings. The molecule has 6 heteroatoms. The number of hydrogen-bond donors (Lipinski definition) is 1. The van der Waals surface area contributed by atoms with Crippen molar-refractivity contribution in [1.29, 1.82) is 0 Å². The predicted octanol–water partition coefficient (Wildman–Crippen LogP) is 2.38. The van der Waals surface area contributed by atoms with Gasteiger partial charge in [0, 0.05) is 0 Å². The summed E-state index contributed by atoms with van der Waals surface area (Å²) in [5.74, 6) is 0.915. The van der Waals surface area contributed by atoms with Crippen LogP contribution in [-0.2, 0) is 9.84 Å². The highest BCUT2D eigenvalue weighted by molar-refractivity contribution is 7.91. The van der Waals surface area contributed by atoms with Gasteiger partial charge in [0.25, 0.3) is 0 Å². The topological polar surface area (TPSA) is 59.1 Å². The Morgan fingerprint density at radius 1 is 1.45 bits per heavy atom. The number of rotatable bonds is 4. The first kappa shape index (κ1) is 14.0. The lowest BCUT2D eigenvalue weighted by Gasteiger charge is -2.14. The zero-order valence-electron chi connectivity index (χ0n) is 11.4. The van der Waals surface area contributed by atoms with Crippen LogP contribution in [0.2, 0.25) is 0 Å². The maximum atomic E-state index is 11.4. The molecule has 1 aromatic heterocycles. The average molecular weight is 310 g/mol. The molecule has 0 aliphatic carbocycles. The third-order valence-corrected chi connectivity index (χ3v) is 6.78. The molecule has 4 nitrogen and oxygen atoms in total. The fraction of sp³-hybridized carbons (Fsp3) is 0.500. The SMILES string of the molecule is CC(NCC1CCS(=O)(=O)C1)c1nc2ccccc2s1. The number of thiazole rings is 1. The van der Waals surface area contributed by atoms with E-state index in [4.69, 9.17) is 0 Å². The summed E-state index contributed by atoms with van der Waals surface area (Å²) < 4.78 is 24.1. The fourth-order valence-electron chi connectivity index (χ4n) is 2.54. The normalized spacial score (nSPS) is 23.1. The van der Waals surface area contributed by atoms with Crippen LogP contribution in [0.4, 0.5) is 0 Å². The van der Waals surface area contributed by atoms with Crippen molar-refractivity contribution in [2.45, 2.75) is 19.4 Å². The van der Waals surface area contributed by atoms with E-state index in [0.29, 0.717) is 11.5 Å². The molecule has 0 saturated carbocycles. The molecule has 2 heterocycles. The molecule has 0 bridgehead atoms. The Kier molecular flexibility index (Phi) is 3.79. The van der Waals surface area contributed by atoms with Gasteiger partial charge in [-0.15, -0.1) is 11.3 Å². The summed E-state index contributed by atoms with van der Waals surface area (Å²) in [4.78, 5) is 4.62. The zero-order valence-corrected chi connectivity index (χ0v) is 13.0. The van der Waals surface area contributed by atoms with E-state index in [1.807, 2.05) is 18.2 Å². The molecule has 0 radical (unpaired) electrons. The number of nitrogens with one attached hydrogen (secondary N) is 1. The minimum absolute atomic E-state index is 0.163. The Morgan fingerprint density at radius 2 is 2.25 bits per heavy atom. The minimum atomic E-state index is -2.78. The van der Waals surface area contributed by atoms with E-state index in [9.17, 15) is 8.42 Å². The first-order chi connectivity index (χ1) is 9.53. The molecule has 1 aliphatic heterocycles. The first-order valence-corrected chi connectivity index (χ1v) is 9.46. The van der Waals surface area contributed by atoms with Gasteiger partial charge >= 0.3 is 0 Å². The van der Waals surface area contributed by atoms with Gasteiger partial charge in [-0.05, 0) is 37.9 Å². The second-order valence-corrected chi connectivity index (χ2v) is 8.71. The number of benzene rings is 1. The van der Waals surface area contributed by atoms with E-state index < -0.39 is 9.84 Å². The molecule has 3 rings (SSSR count). The van der Waals surface area contributed by atoms with Gasteiger partial charge < -0.3 is 5.32 Å². The minimum Gasteiger partial charge on any atom is -0.308 e. The number of aromatic nitrogens is 1. The second kappa shape index (κ2) is 5.42. The van der Waals surface area contributed by atoms with Crippen LogP contribution >= 0.6 is 11.3 Å². The van der Waals surface area contributed by atoms with Gasteiger partial charge in [-0.25, -0.2) is 13.4 Å². The summed E-state index contributed by atoms with van der Waals surface area (Å²) in [6.45, 7) is 2.83. The summed E-state index contributed by atoms with van der Waals surface area (Å²) in [6.07, 6.45) is 0.780. The highest BCUT2D eigenvalue weighted by Crippen LogP contribution is 2.26. The molecule has 1 aromatic carbocycles. The van der Waals surface area contributed by atoms with Crippen molar-refractivity contribution in [3.63, 3.8) is 0 Å². The van der Waals surface area contributed by atoms with Gasteiger partial charge in [0.05, 0.1) is 27.8 Å². The molecule has 1 saturated heterocycles. The summed E-state index contributed by atoms with van der Waals surface area (Å²) in [7, 11) is -2.78. The second-order valence-electron chi connectivity index (χ2n) is 5.42. The molecule has 2 unspecified atom stereocenters. The highest BCUT2D eigenvalue weighted by atomic mass is 32.2. The Labute approximate surface area is 123 Å². The summed E-state index contributed by atoms with van der Waals surface area (Å²) in [5, 5.41) is 4.49. The maximum Gasteiger partial charge on any atom is 0.150 e. The van der Waals surface area contributed by atoms with E-state index in [1.54, 1.807) is 11.3 Å². The molecule has 0 spiro atoms. The van der Waals surface area contributed by atoms with Gasteiger partial charge in [-0.1, -0.05) is 12.1 Å². The smallest absolute Gasteiger partial charge is 0.150 e. The van der Waals surface area contributed by atoms with E-state index in [-0.39, 0.29) is 12.0 Å². The summed E-state index contributed by atoms with van der Waals surface area (Å²) in [5.41, 5.74) is 1.03. The molecule has 2 atom stereocenters. The molecular formula is C14H18N2O2S2. The lowest BCUT2D eigenvalue weighted by Crippen LogP contribution is -2.26. The van der Waals surface area contributed by atoms with Crippen LogP contribution in [0.5, 0.6) is 0 Å². The van der Waals surface area contributed by atoms with Crippen LogP contribution in [0.25, 0.3) is 10.2 Å². The Morgan fingerprint density at radius 3 is 2.95 bits per heavy atom. The Hall–Kier alpha value is -0.980. The molecule has 1 N–H and O–H groups in total. The quantitative estimate of drug-likeness (QED) is 0.942. The van der Waals surface area contributed by atoms with Crippen molar-refractivity contribution >= 4 is 31.4 Å². The van der Waals surface area contributed by atoms with Gasteiger partial charge in [0.1, 0.15) is 5.01 Å². The highest BCUT2D eigenvalue weighted by Gasteiger charge is 2.28.